The van der Waals surface area contributed by atoms with E-state index >= 15 is 0 Å². The summed E-state index contributed by atoms with van der Waals surface area (Å²) in [4.78, 5) is 19.6. The molecule has 0 spiro atoms. The van der Waals surface area contributed by atoms with Crippen LogP contribution in [0.1, 0.15) is 45.7 Å². The number of amides is 1. The standard InChI is InChI=1S/C27H29F3N8O2/c1-16-24(38-15-23(34-35-38)19-13-32-36(3)17(19)2)11-18(12-31-16)26(39)33-22-8-7-21(27(28,29)30)20(25(22)40-4)14-37-9-5-6-10-37/h7-8,11-13,15H,5-6,9-10,14H2,1-4H3,(H,33,39). The van der Waals surface area contributed by atoms with Gasteiger partial charge >= 0.3 is 6.18 Å². The number of halogens is 3. The summed E-state index contributed by atoms with van der Waals surface area (Å²) in [6.07, 6.45) is 2.12. The average Bonchev–Trinajstić information content (AvgIpc) is 3.67. The van der Waals surface area contributed by atoms with E-state index in [1.807, 2.05) is 18.9 Å². The summed E-state index contributed by atoms with van der Waals surface area (Å²) in [5, 5.41) is 15.4. The third kappa shape index (κ3) is 5.28. The van der Waals surface area contributed by atoms with Crippen LogP contribution in [-0.2, 0) is 19.8 Å². The van der Waals surface area contributed by atoms with E-state index in [2.05, 4.69) is 25.7 Å². The number of carbonyl (C=O) groups excluding carboxylic acids is 1. The van der Waals surface area contributed by atoms with Crippen LogP contribution < -0.4 is 10.1 Å². The van der Waals surface area contributed by atoms with Crippen LogP contribution in [0, 0.1) is 13.8 Å². The van der Waals surface area contributed by atoms with Crippen molar-refractivity contribution in [3.05, 3.63) is 64.9 Å². The number of aryl methyl sites for hydroxylation is 2. The van der Waals surface area contributed by atoms with Gasteiger partial charge in [0.1, 0.15) is 11.4 Å². The monoisotopic (exact) mass is 554 g/mol. The predicted molar refractivity (Wildman–Crippen MR) is 141 cm³/mol. The minimum atomic E-state index is -4.56. The Kier molecular flexibility index (Phi) is 7.32. The number of anilines is 1. The zero-order chi connectivity index (χ0) is 28.6. The second-order valence-corrected chi connectivity index (χ2v) is 9.75. The molecule has 1 aromatic carbocycles. The van der Waals surface area contributed by atoms with Crippen molar-refractivity contribution in [1.82, 2.24) is 34.7 Å². The molecule has 1 aliphatic heterocycles. The van der Waals surface area contributed by atoms with Crippen LogP contribution in [0.15, 0.2) is 36.8 Å². The first-order chi connectivity index (χ1) is 19.1. The molecule has 3 aromatic heterocycles. The molecule has 10 nitrogen and oxygen atoms in total. The van der Waals surface area contributed by atoms with E-state index in [9.17, 15) is 18.0 Å². The normalized spacial score (nSPS) is 14.1. The zero-order valence-electron chi connectivity index (χ0n) is 22.6. The molecule has 1 saturated heterocycles. The molecule has 1 fully saturated rings. The number of nitrogens with one attached hydrogen (secondary N) is 1. The fourth-order valence-electron chi connectivity index (χ4n) is 4.87. The van der Waals surface area contributed by atoms with E-state index in [-0.39, 0.29) is 29.1 Å². The molecule has 0 aliphatic carbocycles. The number of hydrogen-bond donors (Lipinski definition) is 1. The molecule has 1 N–H and O–H groups in total. The highest BCUT2D eigenvalue weighted by atomic mass is 19.4. The van der Waals surface area contributed by atoms with Crippen molar-refractivity contribution in [2.45, 2.75) is 39.4 Å². The Balaban J connectivity index is 1.45. The maximum atomic E-state index is 13.9. The second kappa shape index (κ2) is 10.7. The Hall–Kier alpha value is -4.26. The molecule has 4 aromatic rings. The Morgan fingerprint density at radius 3 is 2.55 bits per heavy atom. The van der Waals surface area contributed by atoms with Gasteiger partial charge in [-0.2, -0.15) is 18.3 Å². The number of carbonyl (C=O) groups is 1. The fraction of sp³-hybridized carbons (Fsp3) is 0.370. The van der Waals surface area contributed by atoms with Crippen LogP contribution >= 0.6 is 0 Å². The summed E-state index contributed by atoms with van der Waals surface area (Å²) in [6, 6.07) is 3.81. The third-order valence-electron chi connectivity index (χ3n) is 7.17. The molecule has 1 aliphatic rings. The number of methoxy groups -OCH3 is 1. The largest absolute Gasteiger partial charge is 0.494 e. The van der Waals surface area contributed by atoms with Gasteiger partial charge in [0.05, 0.1) is 47.7 Å². The summed E-state index contributed by atoms with van der Waals surface area (Å²) >= 11 is 0. The van der Waals surface area contributed by atoms with Gasteiger partial charge in [0.15, 0.2) is 0 Å². The van der Waals surface area contributed by atoms with Crippen molar-refractivity contribution < 1.29 is 22.7 Å². The van der Waals surface area contributed by atoms with Crippen molar-refractivity contribution in [2.24, 2.45) is 7.05 Å². The number of ether oxygens (including phenoxy) is 1. The molecular formula is C27H29F3N8O2. The molecule has 5 rings (SSSR count). The van der Waals surface area contributed by atoms with Gasteiger partial charge in [0.2, 0.25) is 0 Å². The molecule has 4 heterocycles. The second-order valence-electron chi connectivity index (χ2n) is 9.75. The first-order valence-corrected chi connectivity index (χ1v) is 12.8. The van der Waals surface area contributed by atoms with Gasteiger partial charge in [0, 0.05) is 36.6 Å². The fourth-order valence-corrected chi connectivity index (χ4v) is 4.87. The van der Waals surface area contributed by atoms with E-state index in [4.69, 9.17) is 4.74 Å². The highest BCUT2D eigenvalue weighted by molar-refractivity contribution is 6.05. The van der Waals surface area contributed by atoms with Gasteiger partial charge in [0.25, 0.3) is 5.91 Å². The maximum Gasteiger partial charge on any atom is 0.416 e. The van der Waals surface area contributed by atoms with Crippen LogP contribution in [0.4, 0.5) is 18.9 Å². The van der Waals surface area contributed by atoms with Crippen molar-refractivity contribution in [1.29, 1.82) is 0 Å². The Morgan fingerprint density at radius 1 is 1.15 bits per heavy atom. The lowest BCUT2D eigenvalue weighted by Gasteiger charge is -2.23. The lowest BCUT2D eigenvalue weighted by Crippen LogP contribution is -2.23. The number of likely N-dealkylation sites (tertiary alicyclic amines) is 1. The van der Waals surface area contributed by atoms with Crippen LogP contribution in [0.2, 0.25) is 0 Å². The summed E-state index contributed by atoms with van der Waals surface area (Å²) in [5.74, 6) is -0.564. The topological polar surface area (TPSA) is 103 Å². The quantitative estimate of drug-likeness (QED) is 0.357. The predicted octanol–water partition coefficient (Wildman–Crippen LogP) is 4.56. The van der Waals surface area contributed by atoms with Gasteiger partial charge in [-0.1, -0.05) is 5.21 Å². The van der Waals surface area contributed by atoms with E-state index in [0.29, 0.717) is 30.2 Å². The van der Waals surface area contributed by atoms with Crippen molar-refractivity contribution in [3.63, 3.8) is 0 Å². The first-order valence-electron chi connectivity index (χ1n) is 12.8. The van der Waals surface area contributed by atoms with Crippen LogP contribution in [0.3, 0.4) is 0 Å². The number of nitrogens with zero attached hydrogens (tertiary/aromatic N) is 7. The minimum absolute atomic E-state index is 0.00161. The lowest BCUT2D eigenvalue weighted by molar-refractivity contribution is -0.138. The highest BCUT2D eigenvalue weighted by Crippen LogP contribution is 2.41. The molecular weight excluding hydrogens is 525 g/mol. The number of alkyl halides is 3. The summed E-state index contributed by atoms with van der Waals surface area (Å²) in [5.41, 5.74) is 3.05. The third-order valence-corrected chi connectivity index (χ3v) is 7.17. The number of aromatic nitrogens is 6. The van der Waals surface area contributed by atoms with Gasteiger partial charge in [-0.05, 0) is 58.0 Å². The number of hydrogen-bond acceptors (Lipinski definition) is 7. The maximum absolute atomic E-state index is 13.9. The molecule has 40 heavy (non-hydrogen) atoms. The zero-order valence-corrected chi connectivity index (χ0v) is 22.6. The van der Waals surface area contributed by atoms with Crippen LogP contribution in [-0.4, -0.2) is 60.8 Å². The molecule has 0 radical (unpaired) electrons. The Bertz CT molecular complexity index is 1550. The van der Waals surface area contributed by atoms with E-state index in [1.165, 1.54) is 24.1 Å². The van der Waals surface area contributed by atoms with Crippen LogP contribution in [0.25, 0.3) is 16.9 Å². The molecule has 210 valence electrons. The molecule has 0 atom stereocenters. The molecule has 0 bridgehead atoms. The smallest absolute Gasteiger partial charge is 0.416 e. The molecule has 13 heteroatoms. The number of rotatable bonds is 7. The van der Waals surface area contributed by atoms with Gasteiger partial charge in [-0.3, -0.25) is 19.4 Å². The van der Waals surface area contributed by atoms with Crippen molar-refractivity contribution >= 4 is 11.6 Å². The van der Waals surface area contributed by atoms with Crippen LogP contribution in [0.5, 0.6) is 5.75 Å². The van der Waals surface area contributed by atoms with Gasteiger partial charge in [-0.25, -0.2) is 4.68 Å². The Labute approximate surface area is 228 Å². The number of benzene rings is 1. The summed E-state index contributed by atoms with van der Waals surface area (Å²) < 4.78 is 50.4. The van der Waals surface area contributed by atoms with E-state index < -0.39 is 17.6 Å². The van der Waals surface area contributed by atoms with Crippen molar-refractivity contribution in [3.8, 4) is 22.7 Å². The number of pyridine rings is 1. The first kappa shape index (κ1) is 27.3. The van der Waals surface area contributed by atoms with Gasteiger partial charge < -0.3 is 10.1 Å². The molecule has 0 unspecified atom stereocenters. The Morgan fingerprint density at radius 2 is 1.90 bits per heavy atom. The molecule has 1 amide bonds. The SMILES string of the molecule is COc1c(NC(=O)c2cnc(C)c(-n3cc(-c4cnn(C)c4C)nn3)c2)ccc(C(F)(F)F)c1CN1CCCC1. The highest BCUT2D eigenvalue weighted by Gasteiger charge is 2.36. The van der Waals surface area contributed by atoms with E-state index in [0.717, 1.165) is 30.2 Å². The molecule has 0 saturated carbocycles. The van der Waals surface area contributed by atoms with E-state index in [1.54, 1.807) is 30.1 Å². The average molecular weight is 555 g/mol. The van der Waals surface area contributed by atoms with Gasteiger partial charge in [-0.15, -0.1) is 5.10 Å². The summed E-state index contributed by atoms with van der Waals surface area (Å²) in [6.45, 7) is 5.18. The summed E-state index contributed by atoms with van der Waals surface area (Å²) in [7, 11) is 3.14. The van der Waals surface area contributed by atoms with Crippen molar-refractivity contribution in [2.75, 3.05) is 25.5 Å². The lowest BCUT2D eigenvalue weighted by atomic mass is 10.0. The minimum Gasteiger partial charge on any atom is -0.494 e.